The molecule has 4 nitrogen and oxygen atoms in total. The fourth-order valence-electron chi connectivity index (χ4n) is 2.96. The second-order valence-corrected chi connectivity index (χ2v) is 6.14. The van der Waals surface area contributed by atoms with Gasteiger partial charge in [0.15, 0.2) is 0 Å². The summed E-state index contributed by atoms with van der Waals surface area (Å²) in [5.74, 6) is -2.68. The van der Waals surface area contributed by atoms with E-state index in [2.05, 4.69) is 5.32 Å². The SMILES string of the molecule is O=C(Nc1cccc2ccccc12)[C@H]1CC(Cl)=CC[C@H]1C(=O)O. The number of nitrogens with one attached hydrogen (secondary N) is 1. The molecule has 118 valence electrons. The standard InChI is InChI=1S/C18H16ClNO3/c19-12-8-9-14(18(22)23)15(10-12)17(21)20-16-7-3-5-11-4-1-2-6-13(11)16/h1-8,14-15H,9-10H2,(H,20,21)(H,22,23)/t14-,15+/m1/s1. The van der Waals surface area contributed by atoms with Crippen LogP contribution < -0.4 is 5.32 Å². The van der Waals surface area contributed by atoms with Gasteiger partial charge in [-0.2, -0.15) is 0 Å². The number of carbonyl (C=O) groups is 2. The number of halogens is 1. The molecule has 2 atom stereocenters. The van der Waals surface area contributed by atoms with Gasteiger partial charge in [-0.1, -0.05) is 54.1 Å². The van der Waals surface area contributed by atoms with Crippen molar-refractivity contribution in [1.82, 2.24) is 0 Å². The molecule has 2 aromatic rings. The first kappa shape index (κ1) is 15.6. The largest absolute Gasteiger partial charge is 0.481 e. The van der Waals surface area contributed by atoms with Crippen LogP contribution in [0.1, 0.15) is 12.8 Å². The summed E-state index contributed by atoms with van der Waals surface area (Å²) in [7, 11) is 0. The van der Waals surface area contributed by atoms with Gasteiger partial charge in [-0.25, -0.2) is 0 Å². The van der Waals surface area contributed by atoms with Gasteiger partial charge in [-0.3, -0.25) is 9.59 Å². The highest BCUT2D eigenvalue weighted by atomic mass is 35.5. The molecule has 0 aliphatic heterocycles. The average molecular weight is 330 g/mol. The number of hydrogen-bond acceptors (Lipinski definition) is 2. The lowest BCUT2D eigenvalue weighted by Crippen LogP contribution is -2.35. The summed E-state index contributed by atoms with van der Waals surface area (Å²) in [6.45, 7) is 0. The molecule has 0 fully saturated rings. The van der Waals surface area contributed by atoms with E-state index in [1.807, 2.05) is 42.5 Å². The zero-order valence-corrected chi connectivity index (χ0v) is 13.1. The highest BCUT2D eigenvalue weighted by Crippen LogP contribution is 2.33. The molecule has 0 heterocycles. The first-order valence-electron chi connectivity index (χ1n) is 7.42. The number of carbonyl (C=O) groups excluding carboxylic acids is 1. The molecular weight excluding hydrogens is 314 g/mol. The molecule has 0 unspecified atom stereocenters. The fourth-order valence-corrected chi connectivity index (χ4v) is 3.22. The molecule has 0 aromatic heterocycles. The minimum atomic E-state index is -0.969. The van der Waals surface area contributed by atoms with Crippen LogP contribution >= 0.6 is 11.6 Å². The zero-order valence-electron chi connectivity index (χ0n) is 12.3. The van der Waals surface area contributed by atoms with Crippen LogP contribution in [0.25, 0.3) is 10.8 Å². The summed E-state index contributed by atoms with van der Waals surface area (Å²) in [5.41, 5.74) is 0.683. The number of hydrogen-bond donors (Lipinski definition) is 2. The van der Waals surface area contributed by atoms with Gasteiger partial charge in [-0.15, -0.1) is 0 Å². The molecule has 0 saturated heterocycles. The number of allylic oxidation sites excluding steroid dienone is 2. The van der Waals surface area contributed by atoms with E-state index in [0.29, 0.717) is 10.7 Å². The molecule has 2 N–H and O–H groups in total. The number of carboxylic acid groups (broad SMARTS) is 1. The monoisotopic (exact) mass is 329 g/mol. The normalized spacial score (nSPS) is 20.8. The van der Waals surface area contributed by atoms with Gasteiger partial charge < -0.3 is 10.4 Å². The Labute approximate surface area is 138 Å². The second kappa shape index (κ2) is 6.42. The quantitative estimate of drug-likeness (QED) is 0.894. The molecule has 3 rings (SSSR count). The number of benzene rings is 2. The van der Waals surface area contributed by atoms with Crippen molar-refractivity contribution in [2.45, 2.75) is 12.8 Å². The Morgan fingerprint density at radius 3 is 2.61 bits per heavy atom. The second-order valence-electron chi connectivity index (χ2n) is 5.66. The minimum Gasteiger partial charge on any atom is -0.481 e. The van der Waals surface area contributed by atoms with Gasteiger partial charge in [0.05, 0.1) is 11.8 Å². The van der Waals surface area contributed by atoms with Crippen molar-refractivity contribution >= 4 is 39.9 Å². The van der Waals surface area contributed by atoms with Crippen LogP contribution in [-0.4, -0.2) is 17.0 Å². The smallest absolute Gasteiger partial charge is 0.307 e. The lowest BCUT2D eigenvalue weighted by Gasteiger charge is -2.26. The van der Waals surface area contributed by atoms with Crippen LogP contribution in [0.4, 0.5) is 5.69 Å². The van der Waals surface area contributed by atoms with Gasteiger partial charge >= 0.3 is 5.97 Å². The van der Waals surface area contributed by atoms with Crippen LogP contribution in [0.15, 0.2) is 53.6 Å². The summed E-state index contributed by atoms with van der Waals surface area (Å²) in [4.78, 5) is 24.0. The van der Waals surface area contributed by atoms with Crippen LogP contribution in [-0.2, 0) is 9.59 Å². The number of carboxylic acids is 1. The number of aliphatic carboxylic acids is 1. The summed E-state index contributed by atoms with van der Waals surface area (Å²) < 4.78 is 0. The highest BCUT2D eigenvalue weighted by Gasteiger charge is 2.36. The zero-order chi connectivity index (χ0) is 16.4. The fraction of sp³-hybridized carbons (Fsp3) is 0.222. The van der Waals surface area contributed by atoms with Crippen molar-refractivity contribution in [2.75, 3.05) is 5.32 Å². The predicted molar refractivity (Wildman–Crippen MR) is 90.4 cm³/mol. The lowest BCUT2D eigenvalue weighted by atomic mass is 9.82. The van der Waals surface area contributed by atoms with Crippen molar-refractivity contribution in [3.05, 3.63) is 53.6 Å². The Kier molecular flexibility index (Phi) is 4.35. The van der Waals surface area contributed by atoms with Gasteiger partial charge in [0.2, 0.25) is 5.91 Å². The summed E-state index contributed by atoms with van der Waals surface area (Å²) >= 11 is 6.01. The Bertz CT molecular complexity index is 794. The average Bonchev–Trinajstić information content (AvgIpc) is 2.54. The van der Waals surface area contributed by atoms with Crippen molar-refractivity contribution in [3.8, 4) is 0 Å². The summed E-state index contributed by atoms with van der Waals surface area (Å²) in [6.07, 6.45) is 2.22. The molecule has 1 aliphatic carbocycles. The molecule has 1 aliphatic rings. The van der Waals surface area contributed by atoms with Crippen LogP contribution in [0.3, 0.4) is 0 Å². The van der Waals surface area contributed by atoms with Crippen molar-refractivity contribution in [2.24, 2.45) is 11.8 Å². The third-order valence-corrected chi connectivity index (χ3v) is 4.50. The van der Waals surface area contributed by atoms with Gasteiger partial charge in [-0.05, 0) is 24.3 Å². The number of anilines is 1. The Morgan fingerprint density at radius 1 is 1.09 bits per heavy atom. The molecule has 0 radical (unpaired) electrons. The van der Waals surface area contributed by atoms with E-state index in [1.54, 1.807) is 6.08 Å². The maximum absolute atomic E-state index is 12.6. The van der Waals surface area contributed by atoms with Gasteiger partial charge in [0.25, 0.3) is 0 Å². The van der Waals surface area contributed by atoms with Crippen LogP contribution in [0.2, 0.25) is 0 Å². The Balaban J connectivity index is 1.88. The lowest BCUT2D eigenvalue weighted by molar-refractivity contribution is -0.146. The number of amides is 1. The minimum absolute atomic E-state index is 0.259. The van der Waals surface area contributed by atoms with Gasteiger partial charge in [0.1, 0.15) is 0 Å². The molecule has 23 heavy (non-hydrogen) atoms. The van der Waals surface area contributed by atoms with Crippen molar-refractivity contribution in [3.63, 3.8) is 0 Å². The summed E-state index contributed by atoms with van der Waals surface area (Å²) in [5, 5.41) is 14.7. The molecule has 2 aromatic carbocycles. The maximum atomic E-state index is 12.6. The van der Waals surface area contributed by atoms with Gasteiger partial charge in [0, 0.05) is 16.1 Å². The van der Waals surface area contributed by atoms with Crippen molar-refractivity contribution < 1.29 is 14.7 Å². The maximum Gasteiger partial charge on any atom is 0.307 e. The van der Waals surface area contributed by atoms with E-state index in [1.165, 1.54) is 0 Å². The van der Waals surface area contributed by atoms with E-state index in [-0.39, 0.29) is 18.7 Å². The van der Waals surface area contributed by atoms with Crippen LogP contribution in [0.5, 0.6) is 0 Å². The third-order valence-electron chi connectivity index (χ3n) is 4.20. The summed E-state index contributed by atoms with van der Waals surface area (Å²) in [6, 6.07) is 13.4. The molecule has 5 heteroatoms. The Hall–Kier alpha value is -2.33. The number of rotatable bonds is 3. The predicted octanol–water partition coefficient (Wildman–Crippen LogP) is 4.01. The van der Waals surface area contributed by atoms with E-state index in [0.717, 1.165) is 10.8 Å². The Morgan fingerprint density at radius 2 is 1.83 bits per heavy atom. The first-order chi connectivity index (χ1) is 11.1. The van der Waals surface area contributed by atoms with Crippen molar-refractivity contribution in [1.29, 1.82) is 0 Å². The molecule has 1 amide bonds. The van der Waals surface area contributed by atoms with Crippen LogP contribution in [0, 0.1) is 11.8 Å². The molecular formula is C18H16ClNO3. The molecule has 0 saturated carbocycles. The first-order valence-corrected chi connectivity index (χ1v) is 7.80. The van der Waals surface area contributed by atoms with E-state index in [9.17, 15) is 14.7 Å². The van der Waals surface area contributed by atoms with E-state index >= 15 is 0 Å². The van der Waals surface area contributed by atoms with E-state index in [4.69, 9.17) is 11.6 Å². The third kappa shape index (κ3) is 3.22. The highest BCUT2D eigenvalue weighted by molar-refractivity contribution is 6.29. The van der Waals surface area contributed by atoms with E-state index < -0.39 is 17.8 Å². The molecule has 0 spiro atoms. The topological polar surface area (TPSA) is 66.4 Å². The number of fused-ring (bicyclic) bond motifs is 1. The molecule has 0 bridgehead atoms.